The standard InChI is InChI=1S/C25H24Cl3N9O4/c1-39-20-5-4-14(8-15(20)13-40-22-17(27)9-16(26)10-18(22)28)11-30-32-25(38)21-19(12-36-6-2-3-7-36)31-35-37(21)24-23(29)33-41-34-24/h4-5,8-11H,2-3,6-7,12-13H2,1H3,(H2,29,33)(H,32,38). The monoisotopic (exact) mass is 619 g/mol. The molecule has 1 aliphatic rings. The highest BCUT2D eigenvalue weighted by Gasteiger charge is 2.27. The number of ether oxygens (including phenoxy) is 2. The minimum atomic E-state index is -0.563. The van der Waals surface area contributed by atoms with Crippen LogP contribution in [0.2, 0.25) is 15.1 Å². The third-order valence-electron chi connectivity index (χ3n) is 6.24. The van der Waals surface area contributed by atoms with Crippen molar-refractivity contribution in [3.05, 3.63) is 67.9 Å². The first kappa shape index (κ1) is 28.6. The maximum atomic E-state index is 13.3. The van der Waals surface area contributed by atoms with E-state index in [0.717, 1.165) is 25.9 Å². The lowest BCUT2D eigenvalue weighted by Crippen LogP contribution is -2.26. The number of nitrogens with zero attached hydrogens (tertiary/aromatic N) is 7. The number of carbonyl (C=O) groups excluding carboxylic acids is 1. The third kappa shape index (κ3) is 6.54. The Hall–Kier alpha value is -3.91. The van der Waals surface area contributed by atoms with Crippen LogP contribution in [0.4, 0.5) is 5.82 Å². The van der Waals surface area contributed by atoms with E-state index in [0.29, 0.717) is 39.9 Å². The van der Waals surface area contributed by atoms with Gasteiger partial charge in [0.25, 0.3) is 5.91 Å². The second kappa shape index (κ2) is 12.7. The van der Waals surface area contributed by atoms with Crippen molar-refractivity contribution in [2.75, 3.05) is 25.9 Å². The lowest BCUT2D eigenvalue weighted by molar-refractivity contribution is 0.0945. The van der Waals surface area contributed by atoms with E-state index >= 15 is 0 Å². The number of nitrogen functional groups attached to an aromatic ring is 1. The van der Waals surface area contributed by atoms with Gasteiger partial charge < -0.3 is 15.2 Å². The molecule has 16 heteroatoms. The minimum Gasteiger partial charge on any atom is -0.496 e. The van der Waals surface area contributed by atoms with Gasteiger partial charge in [-0.2, -0.15) is 9.78 Å². The quantitative estimate of drug-likeness (QED) is 0.195. The van der Waals surface area contributed by atoms with Gasteiger partial charge in [-0.05, 0) is 72.1 Å². The molecule has 4 aromatic rings. The number of methoxy groups -OCH3 is 1. The van der Waals surface area contributed by atoms with Crippen LogP contribution in [-0.2, 0) is 13.2 Å². The highest BCUT2D eigenvalue weighted by Crippen LogP contribution is 2.36. The SMILES string of the molecule is COc1ccc(C=NNC(=O)c2c(CN3CCCC3)nnn2-c2nonc2N)cc1COc1c(Cl)cc(Cl)cc1Cl. The minimum absolute atomic E-state index is 0.0330. The van der Waals surface area contributed by atoms with Crippen LogP contribution in [0.3, 0.4) is 0 Å². The van der Waals surface area contributed by atoms with Crippen molar-refractivity contribution in [2.45, 2.75) is 26.0 Å². The van der Waals surface area contributed by atoms with Crippen LogP contribution in [-0.4, -0.2) is 62.5 Å². The van der Waals surface area contributed by atoms with Gasteiger partial charge in [0.05, 0.1) is 23.4 Å². The Bertz CT molecular complexity index is 1560. The summed E-state index contributed by atoms with van der Waals surface area (Å²) in [6.45, 7) is 2.33. The number of likely N-dealkylation sites (tertiary alicyclic amines) is 1. The van der Waals surface area contributed by atoms with Crippen molar-refractivity contribution in [1.29, 1.82) is 0 Å². The largest absolute Gasteiger partial charge is 0.496 e. The number of hydrogen-bond acceptors (Lipinski definition) is 11. The Morgan fingerprint density at radius 2 is 1.93 bits per heavy atom. The molecule has 41 heavy (non-hydrogen) atoms. The van der Waals surface area contributed by atoms with Gasteiger partial charge in [0.2, 0.25) is 11.6 Å². The van der Waals surface area contributed by atoms with Crippen molar-refractivity contribution < 1.29 is 18.9 Å². The van der Waals surface area contributed by atoms with Crippen molar-refractivity contribution in [3.8, 4) is 17.3 Å². The second-order valence-electron chi connectivity index (χ2n) is 9.01. The molecule has 1 aliphatic heterocycles. The van der Waals surface area contributed by atoms with Crippen LogP contribution in [0.15, 0.2) is 40.1 Å². The number of anilines is 1. The van der Waals surface area contributed by atoms with Gasteiger partial charge in [-0.1, -0.05) is 40.0 Å². The molecule has 214 valence electrons. The molecule has 2 aromatic carbocycles. The van der Waals surface area contributed by atoms with Crippen molar-refractivity contribution >= 4 is 52.7 Å². The number of halogens is 3. The van der Waals surface area contributed by atoms with Crippen LogP contribution in [0.1, 0.15) is 40.2 Å². The van der Waals surface area contributed by atoms with E-state index in [1.807, 2.05) is 0 Å². The molecule has 13 nitrogen and oxygen atoms in total. The number of rotatable bonds is 10. The molecule has 2 aromatic heterocycles. The van der Waals surface area contributed by atoms with Gasteiger partial charge in [0, 0.05) is 17.1 Å². The fraction of sp³-hybridized carbons (Fsp3) is 0.280. The fourth-order valence-electron chi connectivity index (χ4n) is 4.31. The van der Waals surface area contributed by atoms with E-state index in [2.05, 4.69) is 40.7 Å². The van der Waals surface area contributed by atoms with E-state index in [1.165, 1.54) is 10.9 Å². The normalized spacial score (nSPS) is 13.7. The molecule has 1 fully saturated rings. The van der Waals surface area contributed by atoms with Crippen LogP contribution >= 0.6 is 34.8 Å². The molecule has 0 atom stereocenters. The molecule has 0 spiro atoms. The molecule has 1 amide bonds. The van der Waals surface area contributed by atoms with Gasteiger partial charge in [0.15, 0.2) is 11.4 Å². The first-order chi connectivity index (χ1) is 19.8. The highest BCUT2D eigenvalue weighted by atomic mass is 35.5. The van der Waals surface area contributed by atoms with Crippen LogP contribution in [0, 0.1) is 0 Å². The first-order valence-electron chi connectivity index (χ1n) is 12.4. The Kier molecular flexibility index (Phi) is 8.88. The number of aromatic nitrogens is 5. The first-order valence-corrected chi connectivity index (χ1v) is 13.5. The topological polar surface area (TPSA) is 159 Å². The molecule has 1 saturated heterocycles. The zero-order valence-electron chi connectivity index (χ0n) is 21.7. The average molecular weight is 621 g/mol. The molecule has 0 radical (unpaired) electrons. The van der Waals surface area contributed by atoms with Gasteiger partial charge >= 0.3 is 0 Å². The van der Waals surface area contributed by atoms with Crippen molar-refractivity contribution in [2.24, 2.45) is 5.10 Å². The molecule has 0 saturated carbocycles. The van der Waals surface area contributed by atoms with Crippen molar-refractivity contribution in [1.82, 2.24) is 35.6 Å². The summed E-state index contributed by atoms with van der Waals surface area (Å²) in [6.07, 6.45) is 3.63. The number of carbonyl (C=O) groups is 1. The average Bonchev–Trinajstić information content (AvgIpc) is 3.70. The summed E-state index contributed by atoms with van der Waals surface area (Å²) in [5, 5.41) is 20.7. The summed E-state index contributed by atoms with van der Waals surface area (Å²) in [5.41, 5.74) is 10.3. The zero-order chi connectivity index (χ0) is 28.9. The number of hydrazone groups is 1. The van der Waals surface area contributed by atoms with Gasteiger partial charge in [-0.3, -0.25) is 9.69 Å². The summed E-state index contributed by atoms with van der Waals surface area (Å²) in [6, 6.07) is 8.39. The van der Waals surface area contributed by atoms with E-state index in [9.17, 15) is 4.79 Å². The second-order valence-corrected chi connectivity index (χ2v) is 10.3. The Balaban J connectivity index is 1.33. The third-order valence-corrected chi connectivity index (χ3v) is 7.02. The summed E-state index contributed by atoms with van der Waals surface area (Å²) >= 11 is 18.5. The Labute approximate surface area is 249 Å². The number of amides is 1. The molecular weight excluding hydrogens is 597 g/mol. The zero-order valence-corrected chi connectivity index (χ0v) is 23.9. The summed E-state index contributed by atoms with van der Waals surface area (Å²) in [5.74, 6) is 0.331. The Morgan fingerprint density at radius 1 is 1.17 bits per heavy atom. The lowest BCUT2D eigenvalue weighted by Gasteiger charge is -2.13. The summed E-state index contributed by atoms with van der Waals surface area (Å²) in [7, 11) is 1.54. The molecule has 5 rings (SSSR count). The van der Waals surface area contributed by atoms with E-state index in [4.69, 9.17) is 50.0 Å². The number of hydrogen-bond donors (Lipinski definition) is 2. The molecular formula is C25H24Cl3N9O4. The molecule has 0 unspecified atom stereocenters. The Morgan fingerprint density at radius 3 is 2.61 bits per heavy atom. The van der Waals surface area contributed by atoms with Crippen LogP contribution in [0.5, 0.6) is 11.5 Å². The van der Waals surface area contributed by atoms with Gasteiger partial charge in [0.1, 0.15) is 18.1 Å². The molecule has 3 N–H and O–H groups in total. The number of nitrogens with one attached hydrogen (secondary N) is 1. The summed E-state index contributed by atoms with van der Waals surface area (Å²) < 4.78 is 17.2. The summed E-state index contributed by atoms with van der Waals surface area (Å²) in [4.78, 5) is 15.5. The van der Waals surface area contributed by atoms with Crippen molar-refractivity contribution in [3.63, 3.8) is 0 Å². The fourth-order valence-corrected chi connectivity index (χ4v) is 5.24. The van der Waals surface area contributed by atoms with E-state index < -0.39 is 5.91 Å². The maximum absolute atomic E-state index is 13.3. The smallest absolute Gasteiger partial charge is 0.292 e. The van der Waals surface area contributed by atoms with Gasteiger partial charge in [-0.15, -0.1) is 5.10 Å². The van der Waals surface area contributed by atoms with Gasteiger partial charge in [-0.25, -0.2) is 10.1 Å². The van der Waals surface area contributed by atoms with E-state index in [-0.39, 0.29) is 34.0 Å². The maximum Gasteiger partial charge on any atom is 0.292 e. The van der Waals surface area contributed by atoms with Crippen LogP contribution < -0.4 is 20.6 Å². The predicted molar refractivity (Wildman–Crippen MR) is 152 cm³/mol. The van der Waals surface area contributed by atoms with E-state index in [1.54, 1.807) is 37.4 Å². The number of benzene rings is 2. The van der Waals surface area contributed by atoms with Crippen LogP contribution in [0.25, 0.3) is 5.82 Å². The lowest BCUT2D eigenvalue weighted by atomic mass is 10.1. The number of nitrogens with two attached hydrogens (primary N) is 1. The molecule has 0 bridgehead atoms. The molecule has 0 aliphatic carbocycles. The predicted octanol–water partition coefficient (Wildman–Crippen LogP) is 4.14. The highest BCUT2D eigenvalue weighted by molar-refractivity contribution is 6.40. The molecule has 3 heterocycles.